The first-order valence-corrected chi connectivity index (χ1v) is 16.4. The number of benzene rings is 2. The number of oxazole rings is 1. The molecule has 13 heteroatoms. The molecule has 48 heavy (non-hydrogen) atoms. The van der Waals surface area contributed by atoms with Crippen LogP contribution in [-0.4, -0.2) is 85.4 Å². The smallest absolute Gasteiger partial charge is 0.310 e. The molecule has 0 spiro atoms. The van der Waals surface area contributed by atoms with Crippen LogP contribution in [0.15, 0.2) is 40.8 Å². The second-order valence-electron chi connectivity index (χ2n) is 13.4. The normalized spacial score (nSPS) is 19.4. The molecule has 1 atom stereocenters. The van der Waals surface area contributed by atoms with Gasteiger partial charge in [-0.05, 0) is 57.1 Å². The maximum atomic E-state index is 13.4. The molecule has 0 saturated carbocycles. The summed E-state index contributed by atoms with van der Waals surface area (Å²) in [6, 6.07) is 11.4. The first-order valence-electron chi connectivity index (χ1n) is 16.1. The Hall–Kier alpha value is -4.52. The minimum absolute atomic E-state index is 0.0747. The van der Waals surface area contributed by atoms with Crippen molar-refractivity contribution in [2.75, 3.05) is 38.5 Å². The van der Waals surface area contributed by atoms with Crippen molar-refractivity contribution in [3.63, 3.8) is 0 Å². The summed E-state index contributed by atoms with van der Waals surface area (Å²) in [5.74, 6) is 0.236. The van der Waals surface area contributed by atoms with E-state index in [1.807, 2.05) is 60.8 Å². The van der Waals surface area contributed by atoms with Crippen molar-refractivity contribution in [3.8, 4) is 22.6 Å². The Balaban J connectivity index is 1.06. The van der Waals surface area contributed by atoms with Gasteiger partial charge in [0.2, 0.25) is 11.8 Å². The molecule has 250 valence electrons. The Labute approximate surface area is 283 Å². The molecular formula is C35H38ClN7O5. The topological polar surface area (TPSA) is 137 Å². The Morgan fingerprint density at radius 3 is 2.50 bits per heavy atom. The number of fused-ring (bicyclic) bond motifs is 2. The fraction of sp³-hybridized carbons (Fsp3) is 0.400. The number of aliphatic carboxylic acids is 1. The molecule has 2 aromatic heterocycles. The van der Waals surface area contributed by atoms with Crippen molar-refractivity contribution in [1.82, 2.24) is 29.2 Å². The Kier molecular flexibility index (Phi) is 8.13. The first kappa shape index (κ1) is 32.0. The molecule has 4 aromatic rings. The molecular weight excluding hydrogens is 634 g/mol. The lowest BCUT2D eigenvalue weighted by molar-refractivity contribution is -0.147. The fourth-order valence-corrected chi connectivity index (χ4v) is 7.30. The summed E-state index contributed by atoms with van der Waals surface area (Å²) in [5, 5.41) is 12.9. The van der Waals surface area contributed by atoms with Crippen LogP contribution in [0.25, 0.3) is 22.6 Å². The van der Waals surface area contributed by atoms with Crippen molar-refractivity contribution in [1.29, 1.82) is 0 Å². The number of nitrogens with one attached hydrogen (secondary N) is 1. The number of rotatable bonds is 7. The van der Waals surface area contributed by atoms with Gasteiger partial charge in [-0.3, -0.25) is 19.3 Å². The monoisotopic (exact) mass is 671 g/mol. The summed E-state index contributed by atoms with van der Waals surface area (Å²) in [6.07, 6.45) is 1.36. The van der Waals surface area contributed by atoms with Gasteiger partial charge in [0.25, 0.3) is 5.91 Å². The predicted octanol–water partition coefficient (Wildman–Crippen LogP) is 4.58. The molecule has 3 aliphatic rings. The molecule has 0 unspecified atom stereocenters. The van der Waals surface area contributed by atoms with Gasteiger partial charge in [-0.25, -0.2) is 9.97 Å². The molecule has 7 rings (SSSR count). The number of anilines is 1. The molecule has 1 saturated heterocycles. The van der Waals surface area contributed by atoms with Crippen LogP contribution in [0, 0.1) is 12.3 Å². The highest BCUT2D eigenvalue weighted by molar-refractivity contribution is 6.36. The van der Waals surface area contributed by atoms with Crippen LogP contribution < -0.4 is 5.32 Å². The molecule has 2 aromatic carbocycles. The van der Waals surface area contributed by atoms with Gasteiger partial charge in [0.1, 0.15) is 11.5 Å². The minimum atomic E-state index is -0.831. The number of likely N-dealkylation sites (N-methyl/N-ethyl adjacent to an activating group) is 1. The van der Waals surface area contributed by atoms with Crippen molar-refractivity contribution in [2.45, 2.75) is 46.3 Å². The van der Waals surface area contributed by atoms with Crippen molar-refractivity contribution < 1.29 is 23.9 Å². The second-order valence-corrected chi connectivity index (χ2v) is 13.8. The average molecular weight is 672 g/mol. The van der Waals surface area contributed by atoms with Crippen LogP contribution in [0.3, 0.4) is 0 Å². The number of nitrogens with zero attached hydrogens (tertiary/aromatic N) is 6. The molecule has 2 N–H and O–H groups in total. The minimum Gasteiger partial charge on any atom is -0.481 e. The van der Waals surface area contributed by atoms with E-state index in [1.54, 1.807) is 17.9 Å². The van der Waals surface area contributed by atoms with Crippen molar-refractivity contribution in [3.05, 3.63) is 75.7 Å². The number of halogens is 1. The predicted molar refractivity (Wildman–Crippen MR) is 179 cm³/mol. The summed E-state index contributed by atoms with van der Waals surface area (Å²) in [6.45, 7) is 7.08. The zero-order chi connectivity index (χ0) is 33.9. The zero-order valence-electron chi connectivity index (χ0n) is 27.5. The lowest BCUT2D eigenvalue weighted by Crippen LogP contribution is -2.39. The Morgan fingerprint density at radius 2 is 1.75 bits per heavy atom. The molecule has 0 aliphatic carbocycles. The third-order valence-corrected chi connectivity index (χ3v) is 10.4. The number of carboxylic acid groups (broad SMARTS) is 1. The molecule has 0 bridgehead atoms. The van der Waals surface area contributed by atoms with Gasteiger partial charge in [0, 0.05) is 49.9 Å². The first-order chi connectivity index (χ1) is 22.9. The molecule has 1 fully saturated rings. The Morgan fingerprint density at radius 1 is 1.00 bits per heavy atom. The standard InChI is InChI=1S/C35H38ClN7O5/c1-20-21(23-9-6-10-24(30(23)36)38-32(45)31-37-25-15-40(3)13-11-27(25)41(31)4)7-5-8-22(20)33-39-26-16-43(17-28(26)48-33)29(44)18-42-14-12-35(2,19-42)34(46)47/h5-10H,11-19H2,1-4H3,(H,38,45)(H,46,47)/t35-/m0/s1. The van der Waals surface area contributed by atoms with E-state index >= 15 is 0 Å². The maximum absolute atomic E-state index is 13.4. The van der Waals surface area contributed by atoms with Gasteiger partial charge in [0.15, 0.2) is 5.82 Å². The van der Waals surface area contributed by atoms with Crippen molar-refractivity contribution >= 4 is 35.1 Å². The largest absolute Gasteiger partial charge is 0.481 e. The lowest BCUT2D eigenvalue weighted by Gasteiger charge is -2.22. The van der Waals surface area contributed by atoms with Gasteiger partial charge >= 0.3 is 5.97 Å². The third kappa shape index (κ3) is 5.67. The number of hydrogen-bond acceptors (Lipinski definition) is 8. The lowest BCUT2D eigenvalue weighted by atomic mass is 9.90. The van der Waals surface area contributed by atoms with Gasteiger partial charge in [0.05, 0.1) is 41.5 Å². The van der Waals surface area contributed by atoms with E-state index in [4.69, 9.17) is 21.0 Å². The highest BCUT2D eigenvalue weighted by Crippen LogP contribution is 2.39. The van der Waals surface area contributed by atoms with E-state index in [1.165, 1.54) is 0 Å². The van der Waals surface area contributed by atoms with Gasteiger partial charge in [-0.2, -0.15) is 0 Å². The number of hydrogen-bond donors (Lipinski definition) is 2. The molecule has 0 radical (unpaired) electrons. The third-order valence-electron chi connectivity index (χ3n) is 9.98. The summed E-state index contributed by atoms with van der Waals surface area (Å²) in [4.78, 5) is 53.2. The van der Waals surface area contributed by atoms with Crippen LogP contribution in [0.1, 0.15) is 52.4 Å². The quantitative estimate of drug-likeness (QED) is 0.289. The van der Waals surface area contributed by atoms with E-state index in [0.29, 0.717) is 73.0 Å². The molecule has 5 heterocycles. The van der Waals surface area contributed by atoms with Gasteiger partial charge < -0.3 is 29.2 Å². The van der Waals surface area contributed by atoms with E-state index < -0.39 is 11.4 Å². The van der Waals surface area contributed by atoms with Crippen LogP contribution >= 0.6 is 11.6 Å². The summed E-state index contributed by atoms with van der Waals surface area (Å²) in [5.41, 5.74) is 5.72. The molecule has 2 amide bonds. The van der Waals surface area contributed by atoms with Crippen molar-refractivity contribution in [2.24, 2.45) is 12.5 Å². The van der Waals surface area contributed by atoms with E-state index in [2.05, 4.69) is 15.2 Å². The SMILES string of the molecule is Cc1c(-c2nc3c(o2)CN(C(=O)CN2CC[C@](C)(C(=O)O)C2)C3)cccc1-c1cccc(NC(=O)c2nc3c(n2C)CCN(C)C3)c1Cl. The number of carbonyl (C=O) groups excluding carboxylic acids is 2. The number of carboxylic acids is 1. The fourth-order valence-electron chi connectivity index (χ4n) is 7.03. The Bertz CT molecular complexity index is 1940. The van der Waals surface area contributed by atoms with Gasteiger partial charge in [-0.1, -0.05) is 35.9 Å². The maximum Gasteiger partial charge on any atom is 0.310 e. The second kappa shape index (κ2) is 12.2. The summed E-state index contributed by atoms with van der Waals surface area (Å²) < 4.78 is 8.08. The van der Waals surface area contributed by atoms with E-state index in [0.717, 1.165) is 46.6 Å². The van der Waals surface area contributed by atoms with Crippen LogP contribution in [0.2, 0.25) is 5.02 Å². The van der Waals surface area contributed by atoms with Crippen LogP contribution in [0.4, 0.5) is 5.69 Å². The molecule has 12 nitrogen and oxygen atoms in total. The number of imidazole rings is 1. The number of aromatic nitrogens is 3. The van der Waals surface area contributed by atoms with E-state index in [9.17, 15) is 19.5 Å². The summed E-state index contributed by atoms with van der Waals surface area (Å²) >= 11 is 6.95. The highest BCUT2D eigenvalue weighted by Gasteiger charge is 2.41. The van der Waals surface area contributed by atoms with Gasteiger partial charge in [-0.15, -0.1) is 0 Å². The van der Waals surface area contributed by atoms with E-state index in [-0.39, 0.29) is 18.4 Å². The van der Waals surface area contributed by atoms with Crippen LogP contribution in [-0.2, 0) is 42.7 Å². The highest BCUT2D eigenvalue weighted by atomic mass is 35.5. The number of likely N-dealkylation sites (tertiary alicyclic amines) is 1. The van der Waals surface area contributed by atoms with Crippen LogP contribution in [0.5, 0.6) is 0 Å². The number of carbonyl (C=O) groups is 3. The average Bonchev–Trinajstić information content (AvgIpc) is 3.81. The summed E-state index contributed by atoms with van der Waals surface area (Å²) in [7, 11) is 3.92. The number of amides is 2. The zero-order valence-corrected chi connectivity index (χ0v) is 28.2. The molecule has 3 aliphatic heterocycles.